The van der Waals surface area contributed by atoms with E-state index in [1.54, 1.807) is 12.1 Å². The van der Waals surface area contributed by atoms with Gasteiger partial charge >= 0.3 is 6.03 Å². The summed E-state index contributed by atoms with van der Waals surface area (Å²) in [5.74, 6) is 0.478. The lowest BCUT2D eigenvalue weighted by Crippen LogP contribution is -2.45. The van der Waals surface area contributed by atoms with E-state index < -0.39 is 6.04 Å². The maximum Gasteiger partial charge on any atom is 0.320 e. The van der Waals surface area contributed by atoms with Crippen molar-refractivity contribution in [2.24, 2.45) is 0 Å². The second kappa shape index (κ2) is 8.88. The summed E-state index contributed by atoms with van der Waals surface area (Å²) in [7, 11) is 0. The van der Waals surface area contributed by atoms with Crippen molar-refractivity contribution < 1.29 is 14.3 Å². The quantitative estimate of drug-likeness (QED) is 0.552. The lowest BCUT2D eigenvalue weighted by Gasteiger charge is -2.31. The van der Waals surface area contributed by atoms with Gasteiger partial charge in [-0.05, 0) is 25.5 Å². The molecule has 1 unspecified atom stereocenters. The van der Waals surface area contributed by atoms with E-state index in [1.807, 2.05) is 86.6 Å². The van der Waals surface area contributed by atoms with E-state index in [4.69, 9.17) is 4.74 Å². The summed E-state index contributed by atoms with van der Waals surface area (Å²) in [6.45, 7) is 3.89. The van der Waals surface area contributed by atoms with Gasteiger partial charge in [0.25, 0.3) is 0 Å². The fraction of sp³-hybridized carbons (Fsp3) is 0.154. The number of ether oxygens (including phenoxy) is 1. The number of carbonyl (C=O) groups is 2. The third kappa shape index (κ3) is 4.36. The van der Waals surface area contributed by atoms with Gasteiger partial charge in [0, 0.05) is 11.1 Å². The van der Waals surface area contributed by atoms with Gasteiger partial charge < -0.3 is 15.4 Å². The number of benzene rings is 3. The van der Waals surface area contributed by atoms with Crippen molar-refractivity contribution in [2.45, 2.75) is 26.0 Å². The Kier molecular flexibility index (Phi) is 5.85. The van der Waals surface area contributed by atoms with Crippen molar-refractivity contribution in [3.63, 3.8) is 0 Å². The first-order chi connectivity index (χ1) is 15.0. The van der Waals surface area contributed by atoms with E-state index in [2.05, 4.69) is 10.6 Å². The molecule has 5 nitrogen and oxygen atoms in total. The lowest BCUT2D eigenvalue weighted by molar-refractivity contribution is 0.102. The summed E-state index contributed by atoms with van der Waals surface area (Å²) in [4.78, 5) is 26.4. The van der Waals surface area contributed by atoms with Crippen LogP contribution in [0.5, 0.6) is 5.75 Å². The van der Waals surface area contributed by atoms with Crippen LogP contribution in [0.25, 0.3) is 5.70 Å². The van der Waals surface area contributed by atoms with Crippen molar-refractivity contribution in [1.82, 2.24) is 10.6 Å². The molecule has 1 aliphatic rings. The van der Waals surface area contributed by atoms with E-state index in [1.165, 1.54) is 0 Å². The fourth-order valence-electron chi connectivity index (χ4n) is 3.70. The molecule has 1 heterocycles. The Morgan fingerprint density at radius 2 is 1.48 bits per heavy atom. The molecule has 0 aliphatic carbocycles. The van der Waals surface area contributed by atoms with Gasteiger partial charge in [0.1, 0.15) is 5.75 Å². The molecule has 3 aromatic rings. The Labute approximate surface area is 181 Å². The third-order valence-electron chi connectivity index (χ3n) is 5.01. The summed E-state index contributed by atoms with van der Waals surface area (Å²) >= 11 is 0. The Morgan fingerprint density at radius 1 is 0.871 bits per heavy atom. The third-order valence-corrected chi connectivity index (χ3v) is 5.01. The van der Waals surface area contributed by atoms with Gasteiger partial charge in [0.2, 0.25) is 0 Å². The van der Waals surface area contributed by atoms with Gasteiger partial charge in [-0.3, -0.25) is 4.79 Å². The monoisotopic (exact) mass is 412 g/mol. The minimum atomic E-state index is -0.661. The van der Waals surface area contributed by atoms with Crippen LogP contribution in [0.1, 0.15) is 41.4 Å². The van der Waals surface area contributed by atoms with E-state index in [-0.39, 0.29) is 17.9 Å². The van der Waals surface area contributed by atoms with Gasteiger partial charge in [0.15, 0.2) is 5.78 Å². The molecule has 3 aromatic carbocycles. The minimum absolute atomic E-state index is 0.0515. The van der Waals surface area contributed by atoms with E-state index >= 15 is 0 Å². The molecule has 1 aliphatic heterocycles. The maximum absolute atomic E-state index is 13.7. The average molecular weight is 412 g/mol. The summed E-state index contributed by atoms with van der Waals surface area (Å²) in [6.07, 6.45) is -0.0515. The van der Waals surface area contributed by atoms with Crippen LogP contribution in [0.2, 0.25) is 0 Å². The smallest absolute Gasteiger partial charge is 0.320 e. The van der Waals surface area contributed by atoms with Crippen molar-refractivity contribution in [1.29, 1.82) is 0 Å². The SMILES string of the molecule is CC(C)Oc1ccccc1C1NC(=O)NC(c2ccccc2)=C1C(=O)c1ccccc1. The summed E-state index contributed by atoms with van der Waals surface area (Å²) < 4.78 is 6.00. The first kappa shape index (κ1) is 20.4. The zero-order valence-corrected chi connectivity index (χ0v) is 17.5. The number of urea groups is 1. The second-order valence-electron chi connectivity index (χ2n) is 7.59. The molecule has 0 saturated carbocycles. The second-order valence-corrected chi connectivity index (χ2v) is 7.59. The van der Waals surface area contributed by atoms with Crippen molar-refractivity contribution in [3.05, 3.63) is 107 Å². The van der Waals surface area contributed by atoms with Crippen molar-refractivity contribution in [3.8, 4) is 5.75 Å². The van der Waals surface area contributed by atoms with Gasteiger partial charge in [-0.2, -0.15) is 0 Å². The van der Waals surface area contributed by atoms with Crippen LogP contribution in [0, 0.1) is 0 Å². The van der Waals surface area contributed by atoms with Crippen LogP contribution in [0.15, 0.2) is 90.5 Å². The summed E-state index contributed by atoms with van der Waals surface area (Å²) in [5, 5.41) is 5.80. The van der Waals surface area contributed by atoms with Crippen molar-refractivity contribution >= 4 is 17.5 Å². The molecular weight excluding hydrogens is 388 g/mol. The van der Waals surface area contributed by atoms with Crippen LogP contribution in [0.3, 0.4) is 0 Å². The molecule has 0 fully saturated rings. The molecule has 2 N–H and O–H groups in total. The molecule has 156 valence electrons. The number of ketones is 1. The van der Waals surface area contributed by atoms with E-state index in [0.29, 0.717) is 22.6 Å². The largest absolute Gasteiger partial charge is 0.491 e. The number of para-hydroxylation sites is 1. The van der Waals surface area contributed by atoms with Gasteiger partial charge in [-0.1, -0.05) is 78.9 Å². The van der Waals surface area contributed by atoms with E-state index in [0.717, 1.165) is 11.1 Å². The standard InChI is InChI=1S/C26H24N2O3/c1-17(2)31-21-16-10-9-15-20(21)24-22(25(29)19-13-7-4-8-14-19)23(27-26(30)28-24)18-11-5-3-6-12-18/h3-17,24H,1-2H3,(H2,27,28,30). The van der Waals surface area contributed by atoms with Gasteiger partial charge in [-0.25, -0.2) is 4.79 Å². The Balaban J connectivity index is 1.93. The fourth-order valence-corrected chi connectivity index (χ4v) is 3.70. The molecule has 0 spiro atoms. The number of amides is 2. The summed E-state index contributed by atoms with van der Waals surface area (Å²) in [6, 6.07) is 25.0. The molecule has 4 rings (SSSR count). The molecule has 0 saturated heterocycles. The molecular formula is C26H24N2O3. The summed E-state index contributed by atoms with van der Waals surface area (Å²) in [5.41, 5.74) is 3.03. The predicted molar refractivity (Wildman–Crippen MR) is 121 cm³/mol. The molecule has 0 bridgehead atoms. The van der Waals surface area contributed by atoms with Gasteiger partial charge in [-0.15, -0.1) is 0 Å². The Hall–Kier alpha value is -3.86. The Morgan fingerprint density at radius 3 is 2.16 bits per heavy atom. The lowest BCUT2D eigenvalue weighted by atomic mass is 9.87. The molecule has 2 amide bonds. The number of nitrogens with one attached hydrogen (secondary N) is 2. The number of hydrogen-bond donors (Lipinski definition) is 2. The number of hydrogen-bond acceptors (Lipinski definition) is 3. The normalized spacial score (nSPS) is 16.0. The number of carbonyl (C=O) groups excluding carboxylic acids is 2. The first-order valence-corrected chi connectivity index (χ1v) is 10.3. The van der Waals surface area contributed by atoms with E-state index in [9.17, 15) is 9.59 Å². The minimum Gasteiger partial charge on any atom is -0.491 e. The highest BCUT2D eigenvalue weighted by atomic mass is 16.5. The van der Waals surface area contributed by atoms with Crippen LogP contribution < -0.4 is 15.4 Å². The zero-order chi connectivity index (χ0) is 21.8. The highest BCUT2D eigenvalue weighted by molar-refractivity contribution is 6.16. The molecule has 0 radical (unpaired) electrons. The highest BCUT2D eigenvalue weighted by Gasteiger charge is 2.35. The Bertz CT molecular complexity index is 1120. The van der Waals surface area contributed by atoms with Gasteiger partial charge in [0.05, 0.1) is 23.4 Å². The maximum atomic E-state index is 13.7. The number of rotatable bonds is 6. The van der Waals surface area contributed by atoms with Crippen LogP contribution in [-0.4, -0.2) is 17.9 Å². The van der Waals surface area contributed by atoms with Crippen LogP contribution in [0.4, 0.5) is 4.79 Å². The average Bonchev–Trinajstić information content (AvgIpc) is 2.79. The molecule has 1 atom stereocenters. The zero-order valence-electron chi connectivity index (χ0n) is 17.5. The predicted octanol–water partition coefficient (Wildman–Crippen LogP) is 5.12. The first-order valence-electron chi connectivity index (χ1n) is 10.3. The van der Waals surface area contributed by atoms with Crippen LogP contribution >= 0.6 is 0 Å². The molecule has 31 heavy (non-hydrogen) atoms. The number of Topliss-reactive ketones (excluding diaryl/α,β-unsaturated/α-hetero) is 1. The van der Waals surface area contributed by atoms with Crippen molar-refractivity contribution in [2.75, 3.05) is 0 Å². The molecule has 0 aromatic heterocycles. The van der Waals surface area contributed by atoms with Crippen LogP contribution in [-0.2, 0) is 0 Å². The highest BCUT2D eigenvalue weighted by Crippen LogP contribution is 2.37. The topological polar surface area (TPSA) is 67.4 Å². The molecule has 5 heteroatoms.